The van der Waals surface area contributed by atoms with Gasteiger partial charge in [-0.15, -0.1) is 12.4 Å². The first kappa shape index (κ1) is 20.3. The van der Waals surface area contributed by atoms with Crippen LogP contribution in [0.5, 0.6) is 17.2 Å². The van der Waals surface area contributed by atoms with Gasteiger partial charge in [0.15, 0.2) is 11.5 Å². The Morgan fingerprint density at radius 2 is 1.73 bits per heavy atom. The Hall–Kier alpha value is -1.66. The number of nitrogens with one attached hydrogen (secondary N) is 1. The molecule has 0 bridgehead atoms. The Kier molecular flexibility index (Phi) is 10.2. The van der Waals surface area contributed by atoms with E-state index >= 15 is 0 Å². The van der Waals surface area contributed by atoms with Gasteiger partial charge in [-0.1, -0.05) is 0 Å². The van der Waals surface area contributed by atoms with Crippen molar-refractivity contribution in [3.8, 4) is 17.2 Å². The maximum atomic E-state index is 11.7. The molecule has 0 unspecified atom stereocenters. The molecule has 126 valence electrons. The highest BCUT2D eigenvalue weighted by Gasteiger charge is 2.13. The second kappa shape index (κ2) is 11.0. The summed E-state index contributed by atoms with van der Waals surface area (Å²) in [6, 6.07) is 3.71. The van der Waals surface area contributed by atoms with Gasteiger partial charge in [-0.3, -0.25) is 4.79 Å². The number of rotatable bonds is 9. The number of methoxy groups -OCH3 is 3. The van der Waals surface area contributed by atoms with Crippen LogP contribution in [0, 0.1) is 0 Å². The Labute approximate surface area is 137 Å². The fraction of sp³-hybridized carbons (Fsp3) is 0.533. The molecule has 0 radical (unpaired) electrons. The molecule has 1 aromatic rings. The van der Waals surface area contributed by atoms with Crippen molar-refractivity contribution in [1.29, 1.82) is 0 Å². The maximum absolute atomic E-state index is 11.7. The highest BCUT2D eigenvalue weighted by atomic mass is 35.5. The standard InChI is InChI=1S/C15H24N2O4.ClH/c1-19-12-9-11(10-13(20-2)15(12)21-3)5-6-14(18)17-8-4-7-16;/h9-10H,4-8,16H2,1-3H3,(H,17,18);1H. The van der Waals surface area contributed by atoms with E-state index in [-0.39, 0.29) is 18.3 Å². The molecule has 0 aromatic heterocycles. The molecule has 1 aromatic carbocycles. The molecule has 0 aliphatic carbocycles. The summed E-state index contributed by atoms with van der Waals surface area (Å²) >= 11 is 0. The van der Waals surface area contributed by atoms with Crippen LogP contribution in [0.25, 0.3) is 0 Å². The molecule has 1 rings (SSSR count). The average Bonchev–Trinajstić information content (AvgIpc) is 2.51. The summed E-state index contributed by atoms with van der Waals surface area (Å²) < 4.78 is 15.8. The lowest BCUT2D eigenvalue weighted by molar-refractivity contribution is -0.121. The van der Waals surface area contributed by atoms with Crippen molar-refractivity contribution >= 4 is 18.3 Å². The van der Waals surface area contributed by atoms with Crippen molar-refractivity contribution in [2.45, 2.75) is 19.3 Å². The van der Waals surface area contributed by atoms with E-state index in [1.54, 1.807) is 21.3 Å². The van der Waals surface area contributed by atoms with Gasteiger partial charge in [-0.25, -0.2) is 0 Å². The van der Waals surface area contributed by atoms with Crippen LogP contribution < -0.4 is 25.3 Å². The zero-order chi connectivity index (χ0) is 15.7. The lowest BCUT2D eigenvalue weighted by Crippen LogP contribution is -2.26. The first-order valence-corrected chi connectivity index (χ1v) is 6.91. The number of nitrogens with two attached hydrogens (primary N) is 1. The lowest BCUT2D eigenvalue weighted by atomic mass is 10.1. The van der Waals surface area contributed by atoms with Crippen LogP contribution in [0.3, 0.4) is 0 Å². The summed E-state index contributed by atoms with van der Waals surface area (Å²) in [4.78, 5) is 11.7. The first-order valence-electron chi connectivity index (χ1n) is 6.91. The predicted molar refractivity (Wildman–Crippen MR) is 88.3 cm³/mol. The molecule has 1 amide bonds. The molecule has 0 spiro atoms. The minimum Gasteiger partial charge on any atom is -0.493 e. The zero-order valence-corrected chi connectivity index (χ0v) is 14.1. The summed E-state index contributed by atoms with van der Waals surface area (Å²) in [6.45, 7) is 1.19. The maximum Gasteiger partial charge on any atom is 0.220 e. The van der Waals surface area contributed by atoms with E-state index in [9.17, 15) is 4.79 Å². The van der Waals surface area contributed by atoms with Crippen LogP contribution in [0.15, 0.2) is 12.1 Å². The number of aryl methyl sites for hydroxylation is 1. The molecule has 22 heavy (non-hydrogen) atoms. The van der Waals surface area contributed by atoms with E-state index < -0.39 is 0 Å². The summed E-state index contributed by atoms with van der Waals surface area (Å²) in [5.41, 5.74) is 6.34. The lowest BCUT2D eigenvalue weighted by Gasteiger charge is -2.14. The topological polar surface area (TPSA) is 82.8 Å². The van der Waals surface area contributed by atoms with E-state index in [2.05, 4.69) is 5.32 Å². The van der Waals surface area contributed by atoms with Crippen LogP contribution in [-0.2, 0) is 11.2 Å². The predicted octanol–water partition coefficient (Wildman–Crippen LogP) is 1.53. The Morgan fingerprint density at radius 3 is 2.18 bits per heavy atom. The number of hydrogen-bond acceptors (Lipinski definition) is 5. The fourth-order valence-corrected chi connectivity index (χ4v) is 1.96. The van der Waals surface area contributed by atoms with Crippen LogP contribution in [0.2, 0.25) is 0 Å². The number of benzene rings is 1. The molecule has 6 nitrogen and oxygen atoms in total. The molecular formula is C15H25ClN2O4. The molecule has 0 fully saturated rings. The largest absolute Gasteiger partial charge is 0.493 e. The number of carbonyl (C=O) groups excluding carboxylic acids is 1. The van der Waals surface area contributed by atoms with Crippen molar-refractivity contribution in [3.05, 3.63) is 17.7 Å². The molecular weight excluding hydrogens is 308 g/mol. The number of halogens is 1. The smallest absolute Gasteiger partial charge is 0.220 e. The zero-order valence-electron chi connectivity index (χ0n) is 13.3. The van der Waals surface area contributed by atoms with Gasteiger partial charge in [0.1, 0.15) is 0 Å². The first-order chi connectivity index (χ1) is 10.2. The molecule has 0 aliphatic rings. The minimum atomic E-state index is 0. The molecule has 3 N–H and O–H groups in total. The van der Waals surface area contributed by atoms with Crippen LogP contribution >= 0.6 is 12.4 Å². The molecule has 0 heterocycles. The van der Waals surface area contributed by atoms with Crippen molar-refractivity contribution in [2.75, 3.05) is 34.4 Å². The second-order valence-electron chi connectivity index (χ2n) is 4.53. The molecule has 0 saturated heterocycles. The number of hydrogen-bond donors (Lipinski definition) is 2. The van der Waals surface area contributed by atoms with Crippen molar-refractivity contribution < 1.29 is 19.0 Å². The third-order valence-corrected chi connectivity index (χ3v) is 3.07. The molecule has 7 heteroatoms. The van der Waals surface area contributed by atoms with Crippen LogP contribution in [0.4, 0.5) is 0 Å². The highest BCUT2D eigenvalue weighted by Crippen LogP contribution is 2.38. The van der Waals surface area contributed by atoms with Gasteiger partial charge in [-0.2, -0.15) is 0 Å². The Balaban J connectivity index is 0.00000441. The minimum absolute atomic E-state index is 0. The second-order valence-corrected chi connectivity index (χ2v) is 4.53. The fourth-order valence-electron chi connectivity index (χ4n) is 1.96. The summed E-state index contributed by atoms with van der Waals surface area (Å²) in [5, 5.41) is 2.83. The van der Waals surface area contributed by atoms with Crippen molar-refractivity contribution in [2.24, 2.45) is 5.73 Å². The monoisotopic (exact) mass is 332 g/mol. The van der Waals surface area contributed by atoms with Gasteiger partial charge in [0.05, 0.1) is 21.3 Å². The third-order valence-electron chi connectivity index (χ3n) is 3.07. The summed E-state index contributed by atoms with van der Waals surface area (Å²) in [6.07, 6.45) is 1.80. The third kappa shape index (κ3) is 5.99. The number of amides is 1. The van der Waals surface area contributed by atoms with Crippen LogP contribution in [-0.4, -0.2) is 40.3 Å². The highest BCUT2D eigenvalue weighted by molar-refractivity contribution is 5.85. The van der Waals surface area contributed by atoms with Crippen LogP contribution in [0.1, 0.15) is 18.4 Å². The van der Waals surface area contributed by atoms with E-state index in [0.717, 1.165) is 12.0 Å². The SMILES string of the molecule is COc1cc(CCC(=O)NCCCN)cc(OC)c1OC.Cl. The number of ether oxygens (including phenoxy) is 3. The molecule has 0 saturated carbocycles. The van der Waals surface area contributed by atoms with Gasteiger partial charge >= 0.3 is 0 Å². The van der Waals surface area contributed by atoms with Crippen molar-refractivity contribution in [3.63, 3.8) is 0 Å². The Bertz CT molecular complexity index is 444. The average molecular weight is 333 g/mol. The summed E-state index contributed by atoms with van der Waals surface area (Å²) in [7, 11) is 4.70. The van der Waals surface area contributed by atoms with E-state index in [1.807, 2.05) is 12.1 Å². The Morgan fingerprint density at radius 1 is 1.14 bits per heavy atom. The van der Waals surface area contributed by atoms with Gasteiger partial charge in [0.2, 0.25) is 11.7 Å². The van der Waals surface area contributed by atoms with Gasteiger partial charge in [-0.05, 0) is 37.1 Å². The van der Waals surface area contributed by atoms with E-state index in [4.69, 9.17) is 19.9 Å². The summed E-state index contributed by atoms with van der Waals surface area (Å²) in [5.74, 6) is 1.75. The molecule has 0 atom stereocenters. The number of carbonyl (C=O) groups is 1. The molecule has 0 aliphatic heterocycles. The normalized spacial score (nSPS) is 9.64. The quantitative estimate of drug-likeness (QED) is 0.670. The van der Waals surface area contributed by atoms with E-state index in [0.29, 0.717) is 43.2 Å². The van der Waals surface area contributed by atoms with Gasteiger partial charge in [0, 0.05) is 13.0 Å². The van der Waals surface area contributed by atoms with E-state index in [1.165, 1.54) is 0 Å². The van der Waals surface area contributed by atoms with Crippen molar-refractivity contribution in [1.82, 2.24) is 5.32 Å². The van der Waals surface area contributed by atoms with Gasteiger partial charge < -0.3 is 25.3 Å². The van der Waals surface area contributed by atoms with Gasteiger partial charge in [0.25, 0.3) is 0 Å².